The molecule has 0 radical (unpaired) electrons. The molecule has 1 saturated heterocycles. The van der Waals surface area contributed by atoms with E-state index in [1.807, 2.05) is 0 Å². The van der Waals surface area contributed by atoms with E-state index < -0.39 is 0 Å². The summed E-state index contributed by atoms with van der Waals surface area (Å²) < 4.78 is 2.05. The molecule has 1 aliphatic rings. The number of benzene rings is 1. The average Bonchev–Trinajstić information content (AvgIpc) is 3.24. The molecule has 182 valence electrons. The number of hydrogen-bond donors (Lipinski definition) is 1. The number of hydrogen-bond acceptors (Lipinski definition) is 5. The first-order chi connectivity index (χ1) is 15.5. The third-order valence-electron chi connectivity index (χ3n) is 5.67. The van der Waals surface area contributed by atoms with Gasteiger partial charge in [-0.3, -0.25) is 9.69 Å². The van der Waals surface area contributed by atoms with E-state index in [4.69, 9.17) is 0 Å². The molecule has 0 spiro atoms. The molecule has 1 aromatic heterocycles. The first-order valence-electron chi connectivity index (χ1n) is 11.3. The van der Waals surface area contributed by atoms with Gasteiger partial charge in [-0.15, -0.1) is 34.2 Å². The summed E-state index contributed by atoms with van der Waals surface area (Å²) in [4.78, 5) is 23.0. The summed E-state index contributed by atoms with van der Waals surface area (Å²) in [7, 11) is 3.51. The van der Waals surface area contributed by atoms with Crippen molar-refractivity contribution in [1.29, 1.82) is 0 Å². The second-order valence-electron chi connectivity index (χ2n) is 8.40. The van der Waals surface area contributed by atoms with E-state index in [9.17, 15) is 4.79 Å². The molecule has 1 fully saturated rings. The Kier molecular flexibility index (Phi) is 11.0. The van der Waals surface area contributed by atoms with Crippen molar-refractivity contribution < 1.29 is 4.79 Å². The number of carbonyl (C=O) groups is 1. The number of nitrogens with zero attached hydrogens (tertiary/aromatic N) is 7. The van der Waals surface area contributed by atoms with Crippen LogP contribution >= 0.6 is 24.0 Å². The smallest absolute Gasteiger partial charge is 0.243 e. The number of aliphatic imine (C=N–C) groups is 1. The van der Waals surface area contributed by atoms with Crippen LogP contribution in [0.1, 0.15) is 23.9 Å². The maximum atomic E-state index is 12.1. The summed E-state index contributed by atoms with van der Waals surface area (Å²) in [5.41, 5.74) is 2.65. The van der Waals surface area contributed by atoms with Gasteiger partial charge >= 0.3 is 0 Å². The molecular weight excluding hydrogens is 531 g/mol. The van der Waals surface area contributed by atoms with Crippen molar-refractivity contribution >= 4 is 35.8 Å². The Labute approximate surface area is 214 Å². The topological polar surface area (TPSA) is 81.9 Å². The summed E-state index contributed by atoms with van der Waals surface area (Å²) in [5, 5.41) is 11.6. The van der Waals surface area contributed by atoms with Crippen LogP contribution in [0.25, 0.3) is 0 Å². The fourth-order valence-electron chi connectivity index (χ4n) is 3.77. The number of guanidine groups is 1. The Bertz CT molecular complexity index is 905. The van der Waals surface area contributed by atoms with Gasteiger partial charge in [0.15, 0.2) is 5.96 Å². The zero-order chi connectivity index (χ0) is 22.9. The quantitative estimate of drug-likeness (QED) is 0.296. The van der Waals surface area contributed by atoms with Crippen molar-refractivity contribution in [3.05, 3.63) is 47.5 Å². The highest BCUT2D eigenvalue weighted by atomic mass is 127. The lowest BCUT2D eigenvalue weighted by Gasteiger charge is -2.36. The van der Waals surface area contributed by atoms with Crippen molar-refractivity contribution in [2.45, 2.75) is 33.4 Å². The zero-order valence-corrected chi connectivity index (χ0v) is 22.5. The van der Waals surface area contributed by atoms with E-state index in [1.165, 1.54) is 11.1 Å². The van der Waals surface area contributed by atoms with Gasteiger partial charge in [0.2, 0.25) is 5.91 Å². The molecule has 2 aromatic rings. The molecule has 1 amide bonds. The third kappa shape index (κ3) is 8.26. The zero-order valence-electron chi connectivity index (χ0n) is 20.2. The van der Waals surface area contributed by atoms with Crippen LogP contribution in [-0.4, -0.2) is 94.7 Å². The van der Waals surface area contributed by atoms with Crippen LogP contribution in [0.2, 0.25) is 0 Å². The number of carbonyl (C=O) groups excluding carboxylic acids is 1. The first kappa shape index (κ1) is 27.0. The molecule has 1 N–H and O–H groups in total. The standard InChI is InChI=1S/C23H36N8O.HI/c1-5-21-27-26-18-31(21)10-9-24-23(25-16-22(32)28(3)4)30-13-11-29(12-14-30)17-20-8-6-7-19(2)15-20;/h6-8,15,18H,5,9-14,16-17H2,1-4H3,(H,24,25);1H. The molecule has 0 aliphatic carbocycles. The van der Waals surface area contributed by atoms with Crippen molar-refractivity contribution in [2.75, 3.05) is 53.4 Å². The molecule has 3 rings (SSSR count). The maximum Gasteiger partial charge on any atom is 0.243 e. The second kappa shape index (κ2) is 13.5. The Morgan fingerprint density at radius 2 is 1.97 bits per heavy atom. The summed E-state index contributed by atoms with van der Waals surface area (Å²) in [6.45, 7) is 10.4. The highest BCUT2D eigenvalue weighted by Gasteiger charge is 2.20. The molecule has 9 nitrogen and oxygen atoms in total. The lowest BCUT2D eigenvalue weighted by molar-refractivity contribution is -0.127. The van der Waals surface area contributed by atoms with Gasteiger partial charge in [0.25, 0.3) is 0 Å². The van der Waals surface area contributed by atoms with Crippen LogP contribution in [0.5, 0.6) is 0 Å². The number of rotatable bonds is 8. The fraction of sp³-hybridized carbons (Fsp3) is 0.565. The van der Waals surface area contributed by atoms with Crippen LogP contribution < -0.4 is 5.32 Å². The molecule has 0 atom stereocenters. The van der Waals surface area contributed by atoms with Crippen LogP contribution in [-0.2, 0) is 24.3 Å². The number of aromatic nitrogens is 3. The number of likely N-dealkylation sites (N-methyl/N-ethyl adjacent to an activating group) is 1. The Morgan fingerprint density at radius 1 is 1.21 bits per heavy atom. The Balaban J connectivity index is 0.00000385. The van der Waals surface area contributed by atoms with E-state index in [0.29, 0.717) is 6.54 Å². The van der Waals surface area contributed by atoms with Crippen molar-refractivity contribution in [3.63, 3.8) is 0 Å². The monoisotopic (exact) mass is 568 g/mol. The largest absolute Gasteiger partial charge is 0.354 e. The van der Waals surface area contributed by atoms with Crippen molar-refractivity contribution in [3.8, 4) is 0 Å². The minimum absolute atomic E-state index is 0. The molecule has 2 heterocycles. The van der Waals surface area contributed by atoms with Gasteiger partial charge in [-0.2, -0.15) is 0 Å². The summed E-state index contributed by atoms with van der Waals surface area (Å²) in [6, 6.07) is 8.70. The van der Waals surface area contributed by atoms with Crippen LogP contribution in [0.4, 0.5) is 0 Å². The molecule has 10 heteroatoms. The van der Waals surface area contributed by atoms with Crippen molar-refractivity contribution in [1.82, 2.24) is 34.8 Å². The molecule has 1 aromatic carbocycles. The summed E-state index contributed by atoms with van der Waals surface area (Å²) in [6.07, 6.45) is 2.61. The van der Waals surface area contributed by atoms with Gasteiger partial charge in [-0.25, -0.2) is 4.99 Å². The maximum absolute atomic E-state index is 12.1. The van der Waals surface area contributed by atoms with Gasteiger partial charge in [0.05, 0.1) is 0 Å². The Hall–Kier alpha value is -2.21. The Morgan fingerprint density at radius 3 is 2.64 bits per heavy atom. The first-order valence-corrected chi connectivity index (χ1v) is 11.3. The van der Waals surface area contributed by atoms with Gasteiger partial charge in [0, 0.05) is 66.3 Å². The molecule has 1 aliphatic heterocycles. The molecule has 0 bridgehead atoms. The van der Waals surface area contributed by atoms with E-state index in [0.717, 1.165) is 57.5 Å². The number of nitrogens with one attached hydrogen (secondary N) is 1. The van der Waals surface area contributed by atoms with Crippen LogP contribution in [0, 0.1) is 6.92 Å². The molecule has 0 saturated carbocycles. The summed E-state index contributed by atoms with van der Waals surface area (Å²) in [5.74, 6) is 1.76. The highest BCUT2D eigenvalue weighted by Crippen LogP contribution is 2.10. The SMILES string of the molecule is CCc1nncn1CCNC(=NCC(=O)N(C)C)N1CCN(Cc2cccc(C)c2)CC1.I. The van der Waals surface area contributed by atoms with Crippen LogP contribution in [0.3, 0.4) is 0 Å². The van der Waals surface area contributed by atoms with Gasteiger partial charge in [-0.1, -0.05) is 36.8 Å². The number of amides is 1. The van der Waals surface area contributed by atoms with Gasteiger partial charge in [-0.05, 0) is 12.5 Å². The molecular formula is C23H37IN8O. The van der Waals surface area contributed by atoms with E-state index in [-0.39, 0.29) is 36.4 Å². The van der Waals surface area contributed by atoms with E-state index in [1.54, 1.807) is 25.3 Å². The van der Waals surface area contributed by atoms with Gasteiger partial charge < -0.3 is 19.7 Å². The van der Waals surface area contributed by atoms with E-state index in [2.05, 4.69) is 73.0 Å². The normalized spacial score (nSPS) is 14.7. The fourth-order valence-corrected chi connectivity index (χ4v) is 3.77. The molecule has 33 heavy (non-hydrogen) atoms. The summed E-state index contributed by atoms with van der Waals surface area (Å²) >= 11 is 0. The lowest BCUT2D eigenvalue weighted by Crippen LogP contribution is -2.52. The lowest BCUT2D eigenvalue weighted by atomic mass is 10.1. The van der Waals surface area contributed by atoms with E-state index >= 15 is 0 Å². The highest BCUT2D eigenvalue weighted by molar-refractivity contribution is 14.0. The minimum atomic E-state index is -0.00513. The predicted molar refractivity (Wildman–Crippen MR) is 142 cm³/mol. The molecule has 0 unspecified atom stereocenters. The minimum Gasteiger partial charge on any atom is -0.354 e. The average molecular weight is 569 g/mol. The second-order valence-corrected chi connectivity index (χ2v) is 8.40. The number of halogens is 1. The van der Waals surface area contributed by atoms with Gasteiger partial charge in [0.1, 0.15) is 18.7 Å². The van der Waals surface area contributed by atoms with Crippen molar-refractivity contribution in [2.24, 2.45) is 4.99 Å². The third-order valence-corrected chi connectivity index (χ3v) is 5.67. The predicted octanol–water partition coefficient (Wildman–Crippen LogP) is 1.62. The van der Waals surface area contributed by atoms with Crippen LogP contribution in [0.15, 0.2) is 35.6 Å². The number of aryl methyl sites for hydroxylation is 2. The number of piperazine rings is 1.